The van der Waals surface area contributed by atoms with Gasteiger partial charge in [-0.2, -0.15) is 0 Å². The first kappa shape index (κ1) is 11.3. The van der Waals surface area contributed by atoms with E-state index in [4.69, 9.17) is 0 Å². The van der Waals surface area contributed by atoms with E-state index in [1.807, 2.05) is 6.07 Å². The SMILES string of the molecule is Cc1cc(C)n2c1-c1ccccc1-c1cccc[n+]1N2. The van der Waals surface area contributed by atoms with Crippen LogP contribution in [0.3, 0.4) is 0 Å². The quantitative estimate of drug-likeness (QED) is 0.483. The van der Waals surface area contributed by atoms with Crippen LogP contribution < -0.4 is 10.2 Å². The van der Waals surface area contributed by atoms with Crippen LogP contribution in [0, 0.1) is 13.8 Å². The summed E-state index contributed by atoms with van der Waals surface area (Å²) in [5.41, 5.74) is 10.9. The fourth-order valence-corrected chi connectivity index (χ4v) is 3.03. The van der Waals surface area contributed by atoms with E-state index in [1.54, 1.807) is 0 Å². The van der Waals surface area contributed by atoms with E-state index in [-0.39, 0.29) is 0 Å². The van der Waals surface area contributed by atoms with Crippen molar-refractivity contribution < 1.29 is 4.68 Å². The Labute approximate surface area is 118 Å². The summed E-state index contributed by atoms with van der Waals surface area (Å²) in [6.45, 7) is 4.29. The smallest absolute Gasteiger partial charge is 0.134 e. The van der Waals surface area contributed by atoms with Crippen molar-refractivity contribution in [3.05, 3.63) is 66.0 Å². The molecule has 0 atom stereocenters. The lowest BCUT2D eigenvalue weighted by molar-refractivity contribution is -0.644. The highest BCUT2D eigenvalue weighted by molar-refractivity contribution is 5.81. The van der Waals surface area contributed by atoms with Gasteiger partial charge in [0, 0.05) is 23.6 Å². The average Bonchev–Trinajstić information content (AvgIpc) is 2.67. The number of nitrogens with zero attached hydrogens (tertiary/aromatic N) is 2. The highest BCUT2D eigenvalue weighted by atomic mass is 15.7. The Balaban J connectivity index is 2.15. The van der Waals surface area contributed by atoms with Gasteiger partial charge in [-0.15, -0.1) is 9.35 Å². The maximum Gasteiger partial charge on any atom is 0.164 e. The molecule has 2 aromatic heterocycles. The van der Waals surface area contributed by atoms with Crippen LogP contribution in [0.2, 0.25) is 0 Å². The molecular formula is C17H16N3+. The minimum Gasteiger partial charge on any atom is -0.134 e. The van der Waals surface area contributed by atoms with Crippen LogP contribution >= 0.6 is 0 Å². The number of hydrogen-bond donors (Lipinski definition) is 1. The maximum absolute atomic E-state index is 3.47. The molecule has 0 radical (unpaired) electrons. The van der Waals surface area contributed by atoms with Crippen LogP contribution in [-0.4, -0.2) is 4.68 Å². The van der Waals surface area contributed by atoms with Gasteiger partial charge in [-0.3, -0.25) is 0 Å². The second-order valence-corrected chi connectivity index (χ2v) is 5.25. The molecule has 0 fully saturated rings. The number of hydrogen-bond acceptors (Lipinski definition) is 1. The third-order valence-corrected chi connectivity index (χ3v) is 3.90. The molecule has 1 aliphatic rings. The van der Waals surface area contributed by atoms with E-state index in [2.05, 4.69) is 77.4 Å². The second-order valence-electron chi connectivity index (χ2n) is 5.25. The van der Waals surface area contributed by atoms with E-state index in [1.165, 1.54) is 33.8 Å². The van der Waals surface area contributed by atoms with Gasteiger partial charge in [0.25, 0.3) is 0 Å². The molecule has 98 valence electrons. The molecule has 0 bridgehead atoms. The normalized spacial score (nSPS) is 11.9. The van der Waals surface area contributed by atoms with Crippen molar-refractivity contribution in [2.24, 2.45) is 0 Å². The predicted octanol–water partition coefficient (Wildman–Crippen LogP) is 3.05. The highest BCUT2D eigenvalue weighted by Gasteiger charge is 2.26. The van der Waals surface area contributed by atoms with E-state index < -0.39 is 0 Å². The van der Waals surface area contributed by atoms with Crippen LogP contribution in [0.4, 0.5) is 0 Å². The van der Waals surface area contributed by atoms with Crippen molar-refractivity contribution in [1.29, 1.82) is 0 Å². The number of fused-ring (bicyclic) bond motifs is 5. The van der Waals surface area contributed by atoms with Crippen molar-refractivity contribution in [3.8, 4) is 22.5 Å². The molecule has 0 saturated heterocycles. The van der Waals surface area contributed by atoms with Crippen molar-refractivity contribution in [2.45, 2.75) is 13.8 Å². The summed E-state index contributed by atoms with van der Waals surface area (Å²) in [4.78, 5) is 0. The molecule has 0 amide bonds. The zero-order chi connectivity index (χ0) is 13.7. The third kappa shape index (κ3) is 1.43. The molecule has 0 aliphatic carbocycles. The summed E-state index contributed by atoms with van der Waals surface area (Å²) in [6.07, 6.45) is 2.05. The van der Waals surface area contributed by atoms with Gasteiger partial charge in [-0.1, -0.05) is 23.7 Å². The molecule has 0 spiro atoms. The van der Waals surface area contributed by atoms with Gasteiger partial charge >= 0.3 is 0 Å². The van der Waals surface area contributed by atoms with Gasteiger partial charge in [0.15, 0.2) is 11.4 Å². The molecule has 0 unspecified atom stereocenters. The van der Waals surface area contributed by atoms with Gasteiger partial charge in [0.1, 0.15) is 11.9 Å². The monoisotopic (exact) mass is 262 g/mol. The molecule has 1 aromatic carbocycles. The summed E-state index contributed by atoms with van der Waals surface area (Å²) in [7, 11) is 0. The summed E-state index contributed by atoms with van der Waals surface area (Å²) < 4.78 is 4.23. The Kier molecular flexibility index (Phi) is 2.24. The fraction of sp³-hybridized carbons (Fsp3) is 0.118. The second kappa shape index (κ2) is 3.97. The number of rotatable bonds is 0. The van der Waals surface area contributed by atoms with Crippen molar-refractivity contribution in [2.75, 3.05) is 5.53 Å². The van der Waals surface area contributed by atoms with E-state index >= 15 is 0 Å². The molecular weight excluding hydrogens is 246 g/mol. The van der Waals surface area contributed by atoms with Crippen molar-refractivity contribution in [1.82, 2.24) is 4.68 Å². The van der Waals surface area contributed by atoms with E-state index in [0.29, 0.717) is 0 Å². The maximum atomic E-state index is 3.47. The molecule has 0 saturated carbocycles. The largest absolute Gasteiger partial charge is 0.164 e. The van der Waals surface area contributed by atoms with Gasteiger partial charge in [0.05, 0.1) is 0 Å². The summed E-state index contributed by atoms with van der Waals surface area (Å²) in [5, 5.41) is 0. The standard InChI is InChI=1S/C17H16N3/c1-12-11-13(2)20-17(12)15-8-4-3-7-14(15)16-9-5-6-10-19(16)18-20/h3-11,18H,1-2H3/q+1. The Bertz CT molecular complexity index is 815. The predicted molar refractivity (Wildman–Crippen MR) is 79.7 cm³/mol. The summed E-state index contributed by atoms with van der Waals surface area (Å²) in [6, 6.07) is 17.0. The van der Waals surface area contributed by atoms with Crippen LogP contribution in [-0.2, 0) is 0 Å². The number of nitrogens with one attached hydrogen (secondary N) is 1. The lowest BCUT2D eigenvalue weighted by atomic mass is 9.99. The molecule has 3 nitrogen and oxygen atoms in total. The topological polar surface area (TPSA) is 20.8 Å². The number of aryl methyl sites for hydroxylation is 2. The van der Waals surface area contributed by atoms with Crippen LogP contribution in [0.5, 0.6) is 0 Å². The zero-order valence-electron chi connectivity index (χ0n) is 11.6. The number of benzene rings is 1. The Morgan fingerprint density at radius 2 is 1.70 bits per heavy atom. The van der Waals surface area contributed by atoms with Crippen LogP contribution in [0.1, 0.15) is 11.3 Å². The van der Waals surface area contributed by atoms with E-state index in [9.17, 15) is 0 Å². The Hall–Kier alpha value is -2.55. The molecule has 3 heterocycles. The highest BCUT2D eigenvalue weighted by Crippen LogP contribution is 2.34. The average molecular weight is 262 g/mol. The first-order chi connectivity index (χ1) is 9.75. The van der Waals surface area contributed by atoms with Crippen LogP contribution in [0.15, 0.2) is 54.7 Å². The first-order valence-electron chi connectivity index (χ1n) is 6.82. The molecule has 1 aliphatic heterocycles. The number of pyridine rings is 1. The zero-order valence-corrected chi connectivity index (χ0v) is 11.6. The lowest BCUT2D eigenvalue weighted by Crippen LogP contribution is -2.48. The summed E-state index contributed by atoms with van der Waals surface area (Å²) >= 11 is 0. The van der Waals surface area contributed by atoms with Crippen LogP contribution in [0.25, 0.3) is 22.5 Å². The molecule has 20 heavy (non-hydrogen) atoms. The number of aromatic nitrogens is 2. The lowest BCUT2D eigenvalue weighted by Gasteiger charge is -2.05. The molecule has 4 rings (SSSR count). The molecule has 3 aromatic rings. The van der Waals surface area contributed by atoms with Crippen molar-refractivity contribution >= 4 is 0 Å². The van der Waals surface area contributed by atoms with E-state index in [0.717, 1.165) is 0 Å². The Morgan fingerprint density at radius 3 is 2.55 bits per heavy atom. The van der Waals surface area contributed by atoms with Gasteiger partial charge in [-0.05, 0) is 37.3 Å². The summed E-state index contributed by atoms with van der Waals surface area (Å²) in [5.74, 6) is 0. The first-order valence-corrected chi connectivity index (χ1v) is 6.82. The minimum atomic E-state index is 1.17. The van der Waals surface area contributed by atoms with Gasteiger partial charge < -0.3 is 0 Å². The third-order valence-electron chi connectivity index (χ3n) is 3.90. The Morgan fingerprint density at radius 1 is 0.950 bits per heavy atom. The van der Waals surface area contributed by atoms with Gasteiger partial charge in [0.2, 0.25) is 0 Å². The van der Waals surface area contributed by atoms with Crippen molar-refractivity contribution in [3.63, 3.8) is 0 Å². The van der Waals surface area contributed by atoms with Gasteiger partial charge in [-0.25, -0.2) is 0 Å². The minimum absolute atomic E-state index is 1.17. The molecule has 3 heteroatoms. The fourth-order valence-electron chi connectivity index (χ4n) is 3.03. The molecule has 1 N–H and O–H groups in total.